The third-order valence-electron chi connectivity index (χ3n) is 3.06. The van der Waals surface area contributed by atoms with E-state index in [1.165, 1.54) is 12.0 Å². The molecule has 1 heterocycles. The number of rotatable bonds is 6. The predicted molar refractivity (Wildman–Crippen MR) is 73.8 cm³/mol. The van der Waals surface area contributed by atoms with Gasteiger partial charge in [0.15, 0.2) is 11.5 Å². The molecular weight excluding hydrogens is 228 g/mol. The summed E-state index contributed by atoms with van der Waals surface area (Å²) in [5.41, 5.74) is 2.34. The van der Waals surface area contributed by atoms with Crippen molar-refractivity contribution in [2.75, 3.05) is 38.7 Å². The summed E-state index contributed by atoms with van der Waals surface area (Å²) in [5, 5.41) is 6.61. The fraction of sp³-hybridized carbons (Fsp3) is 0.571. The van der Waals surface area contributed by atoms with Crippen molar-refractivity contribution in [2.45, 2.75) is 19.8 Å². The van der Waals surface area contributed by atoms with Gasteiger partial charge in [-0.3, -0.25) is 0 Å². The molecule has 1 aromatic carbocycles. The largest absolute Gasteiger partial charge is 0.486 e. The normalized spacial score (nSPS) is 13.4. The lowest BCUT2D eigenvalue weighted by molar-refractivity contribution is 0.171. The van der Waals surface area contributed by atoms with Gasteiger partial charge in [0.2, 0.25) is 0 Å². The quantitative estimate of drug-likeness (QED) is 0.759. The maximum Gasteiger partial charge on any atom is 0.163 e. The minimum Gasteiger partial charge on any atom is -0.486 e. The molecule has 2 rings (SSSR count). The second-order valence-electron chi connectivity index (χ2n) is 4.55. The number of hydrogen-bond donors (Lipinski definition) is 2. The van der Waals surface area contributed by atoms with Gasteiger partial charge in [0.1, 0.15) is 13.2 Å². The molecule has 0 atom stereocenters. The highest BCUT2D eigenvalue weighted by Gasteiger charge is 2.13. The highest BCUT2D eigenvalue weighted by molar-refractivity contribution is 5.60. The molecule has 4 nitrogen and oxygen atoms in total. The average Bonchev–Trinajstić information content (AvgIpc) is 2.39. The van der Waals surface area contributed by atoms with E-state index < -0.39 is 0 Å². The molecule has 0 amide bonds. The standard InChI is InChI=1S/C14H22N2O2/c1-11-9-13-14(18-8-7-17-13)10-12(11)16-6-4-3-5-15-2/h9-10,15-16H,3-8H2,1-2H3. The van der Waals surface area contributed by atoms with Crippen molar-refractivity contribution in [3.05, 3.63) is 17.7 Å². The monoisotopic (exact) mass is 250 g/mol. The average molecular weight is 250 g/mol. The van der Waals surface area contributed by atoms with Crippen molar-refractivity contribution < 1.29 is 9.47 Å². The zero-order valence-corrected chi connectivity index (χ0v) is 11.2. The third kappa shape index (κ3) is 3.29. The molecule has 0 aromatic heterocycles. The summed E-state index contributed by atoms with van der Waals surface area (Å²) in [6.07, 6.45) is 2.35. The van der Waals surface area contributed by atoms with Crippen LogP contribution in [-0.4, -0.2) is 33.4 Å². The van der Waals surface area contributed by atoms with E-state index in [4.69, 9.17) is 9.47 Å². The molecule has 18 heavy (non-hydrogen) atoms. The summed E-state index contributed by atoms with van der Waals surface area (Å²) in [5.74, 6) is 1.71. The fourth-order valence-electron chi connectivity index (χ4n) is 2.03. The summed E-state index contributed by atoms with van der Waals surface area (Å²) in [6.45, 7) is 5.43. The Morgan fingerprint density at radius 3 is 2.44 bits per heavy atom. The van der Waals surface area contributed by atoms with Crippen LogP contribution in [0.5, 0.6) is 11.5 Å². The molecule has 0 aliphatic carbocycles. The molecule has 100 valence electrons. The van der Waals surface area contributed by atoms with Crippen molar-refractivity contribution in [3.8, 4) is 11.5 Å². The van der Waals surface area contributed by atoms with E-state index in [1.54, 1.807) is 0 Å². The molecule has 0 spiro atoms. The molecule has 1 aliphatic heterocycles. The highest BCUT2D eigenvalue weighted by Crippen LogP contribution is 2.35. The Bertz CT molecular complexity index is 394. The first kappa shape index (κ1) is 13.0. The number of aryl methyl sites for hydroxylation is 1. The van der Waals surface area contributed by atoms with E-state index in [9.17, 15) is 0 Å². The van der Waals surface area contributed by atoms with Gasteiger partial charge in [-0.15, -0.1) is 0 Å². The van der Waals surface area contributed by atoms with Gasteiger partial charge in [0.05, 0.1) is 0 Å². The van der Waals surface area contributed by atoms with Crippen LogP contribution in [0.1, 0.15) is 18.4 Å². The molecule has 4 heteroatoms. The zero-order chi connectivity index (χ0) is 12.8. The lowest BCUT2D eigenvalue weighted by Gasteiger charge is -2.20. The maximum absolute atomic E-state index is 5.59. The summed E-state index contributed by atoms with van der Waals surface area (Å²) in [6, 6.07) is 4.09. The van der Waals surface area contributed by atoms with Crippen molar-refractivity contribution in [1.29, 1.82) is 0 Å². The van der Waals surface area contributed by atoms with Crippen LogP contribution in [0.15, 0.2) is 12.1 Å². The Kier molecular flexibility index (Phi) is 4.70. The van der Waals surface area contributed by atoms with Crippen LogP contribution >= 0.6 is 0 Å². The minimum absolute atomic E-state index is 0.637. The van der Waals surface area contributed by atoms with Gasteiger partial charge < -0.3 is 20.1 Å². The van der Waals surface area contributed by atoms with Gasteiger partial charge in [0.25, 0.3) is 0 Å². The molecule has 0 saturated heterocycles. The Labute approximate surface area is 109 Å². The van der Waals surface area contributed by atoms with E-state index in [0.717, 1.165) is 36.7 Å². The molecule has 0 radical (unpaired) electrons. The molecule has 0 bridgehead atoms. The molecule has 1 aliphatic rings. The van der Waals surface area contributed by atoms with Crippen LogP contribution < -0.4 is 20.1 Å². The summed E-state index contributed by atoms with van der Waals surface area (Å²) < 4.78 is 11.1. The first-order valence-corrected chi connectivity index (χ1v) is 6.60. The van der Waals surface area contributed by atoms with Gasteiger partial charge in [0, 0.05) is 18.3 Å². The Morgan fingerprint density at radius 2 is 1.72 bits per heavy atom. The summed E-state index contributed by atoms with van der Waals surface area (Å²) in [7, 11) is 1.98. The Hall–Kier alpha value is -1.42. The molecule has 1 aromatic rings. The summed E-state index contributed by atoms with van der Waals surface area (Å²) in [4.78, 5) is 0. The third-order valence-corrected chi connectivity index (χ3v) is 3.06. The van der Waals surface area contributed by atoms with Crippen LogP contribution in [0.25, 0.3) is 0 Å². The van der Waals surface area contributed by atoms with Gasteiger partial charge in [-0.2, -0.15) is 0 Å². The van der Waals surface area contributed by atoms with Crippen molar-refractivity contribution in [3.63, 3.8) is 0 Å². The molecular formula is C14H22N2O2. The van der Waals surface area contributed by atoms with Crippen LogP contribution in [0.4, 0.5) is 5.69 Å². The number of anilines is 1. The molecule has 2 N–H and O–H groups in total. The van der Waals surface area contributed by atoms with Gasteiger partial charge in [-0.05, 0) is 45.0 Å². The Balaban J connectivity index is 1.91. The topological polar surface area (TPSA) is 42.5 Å². The lowest BCUT2D eigenvalue weighted by Crippen LogP contribution is -2.16. The predicted octanol–water partition coefficient (Wildman–Crippen LogP) is 2.18. The number of unbranched alkanes of at least 4 members (excludes halogenated alkanes) is 1. The zero-order valence-electron chi connectivity index (χ0n) is 11.2. The van der Waals surface area contributed by atoms with E-state index >= 15 is 0 Å². The van der Waals surface area contributed by atoms with E-state index in [2.05, 4.69) is 17.6 Å². The first-order chi connectivity index (χ1) is 8.81. The fourth-order valence-corrected chi connectivity index (χ4v) is 2.03. The number of hydrogen-bond acceptors (Lipinski definition) is 4. The number of fused-ring (bicyclic) bond motifs is 1. The van der Waals surface area contributed by atoms with Gasteiger partial charge in [-0.25, -0.2) is 0 Å². The second-order valence-corrected chi connectivity index (χ2v) is 4.55. The van der Waals surface area contributed by atoms with Crippen LogP contribution in [0.3, 0.4) is 0 Å². The van der Waals surface area contributed by atoms with E-state index in [-0.39, 0.29) is 0 Å². The molecule has 0 saturated carbocycles. The number of nitrogens with one attached hydrogen (secondary N) is 2. The molecule has 0 fully saturated rings. The lowest BCUT2D eigenvalue weighted by atomic mass is 10.1. The maximum atomic E-state index is 5.59. The van der Waals surface area contributed by atoms with Crippen LogP contribution in [-0.2, 0) is 0 Å². The van der Waals surface area contributed by atoms with Crippen molar-refractivity contribution >= 4 is 5.69 Å². The minimum atomic E-state index is 0.637. The van der Waals surface area contributed by atoms with Crippen LogP contribution in [0, 0.1) is 6.92 Å². The SMILES string of the molecule is CNCCCCNc1cc2c(cc1C)OCCO2. The number of ether oxygens (including phenoxy) is 2. The van der Waals surface area contributed by atoms with E-state index in [1.807, 2.05) is 19.2 Å². The van der Waals surface area contributed by atoms with Gasteiger partial charge >= 0.3 is 0 Å². The summed E-state index contributed by atoms with van der Waals surface area (Å²) >= 11 is 0. The van der Waals surface area contributed by atoms with Crippen molar-refractivity contribution in [1.82, 2.24) is 5.32 Å². The highest BCUT2D eigenvalue weighted by atomic mass is 16.6. The Morgan fingerprint density at radius 1 is 1.06 bits per heavy atom. The van der Waals surface area contributed by atoms with Gasteiger partial charge in [-0.1, -0.05) is 0 Å². The number of benzene rings is 1. The smallest absolute Gasteiger partial charge is 0.163 e. The van der Waals surface area contributed by atoms with E-state index in [0.29, 0.717) is 13.2 Å². The second kappa shape index (κ2) is 6.50. The first-order valence-electron chi connectivity index (χ1n) is 6.60. The van der Waals surface area contributed by atoms with Crippen LogP contribution in [0.2, 0.25) is 0 Å². The molecule has 0 unspecified atom stereocenters. The van der Waals surface area contributed by atoms with Crippen molar-refractivity contribution in [2.24, 2.45) is 0 Å².